The first-order valence-corrected chi connectivity index (χ1v) is 6.59. The van der Waals surface area contributed by atoms with E-state index < -0.39 is 0 Å². The molecule has 2 heteroatoms. The van der Waals surface area contributed by atoms with Gasteiger partial charge in [-0.3, -0.25) is 0 Å². The van der Waals surface area contributed by atoms with E-state index in [9.17, 15) is 0 Å². The van der Waals surface area contributed by atoms with Crippen LogP contribution in [0.1, 0.15) is 58.8 Å². The predicted octanol–water partition coefficient (Wildman–Crippen LogP) is 3.10. The molecule has 0 aliphatic carbocycles. The van der Waals surface area contributed by atoms with Gasteiger partial charge in [-0.25, -0.2) is 0 Å². The highest BCUT2D eigenvalue weighted by molar-refractivity contribution is 4.69. The molecule has 3 atom stereocenters. The lowest BCUT2D eigenvalue weighted by atomic mass is 9.96. The summed E-state index contributed by atoms with van der Waals surface area (Å²) in [6.45, 7) is 5.51. The summed E-state index contributed by atoms with van der Waals surface area (Å²) in [5.74, 6) is 0.780. The van der Waals surface area contributed by atoms with Crippen LogP contribution in [0.4, 0.5) is 0 Å². The topological polar surface area (TPSA) is 35.2 Å². The Morgan fingerprint density at radius 1 is 1.47 bits per heavy atom. The van der Waals surface area contributed by atoms with E-state index >= 15 is 0 Å². The van der Waals surface area contributed by atoms with Gasteiger partial charge in [0.25, 0.3) is 0 Å². The Morgan fingerprint density at radius 2 is 2.27 bits per heavy atom. The average molecular weight is 213 g/mol. The van der Waals surface area contributed by atoms with Gasteiger partial charge in [-0.1, -0.05) is 20.3 Å². The van der Waals surface area contributed by atoms with E-state index in [0.717, 1.165) is 12.5 Å². The molecule has 0 bridgehead atoms. The molecule has 1 aliphatic heterocycles. The molecule has 0 aromatic heterocycles. The summed E-state index contributed by atoms with van der Waals surface area (Å²) >= 11 is 0. The Labute approximate surface area is 94.6 Å². The standard InChI is InChI=1S/C13H27NO/c1-3-11(2)10-12(14)6-4-7-13-8-5-9-15-13/h11-13H,3-10,14H2,1-2H3. The Kier molecular flexibility index (Phi) is 6.26. The molecule has 2 nitrogen and oxygen atoms in total. The van der Waals surface area contributed by atoms with Crippen LogP contribution >= 0.6 is 0 Å². The third kappa shape index (κ3) is 5.53. The van der Waals surface area contributed by atoms with Crippen molar-refractivity contribution < 1.29 is 4.74 Å². The van der Waals surface area contributed by atoms with Crippen molar-refractivity contribution in [3.8, 4) is 0 Å². The van der Waals surface area contributed by atoms with Gasteiger partial charge in [0.1, 0.15) is 0 Å². The second-order valence-electron chi connectivity index (χ2n) is 5.08. The SMILES string of the molecule is CCC(C)CC(N)CCCC1CCCO1. The van der Waals surface area contributed by atoms with Crippen molar-refractivity contribution in [1.29, 1.82) is 0 Å². The average Bonchev–Trinajstić information content (AvgIpc) is 2.70. The molecule has 0 amide bonds. The molecule has 0 saturated carbocycles. The molecule has 0 radical (unpaired) electrons. The van der Waals surface area contributed by atoms with E-state index in [4.69, 9.17) is 10.5 Å². The van der Waals surface area contributed by atoms with Gasteiger partial charge >= 0.3 is 0 Å². The molecule has 0 spiro atoms. The predicted molar refractivity (Wildman–Crippen MR) is 64.9 cm³/mol. The molecular weight excluding hydrogens is 186 g/mol. The smallest absolute Gasteiger partial charge is 0.0576 e. The maximum absolute atomic E-state index is 6.09. The van der Waals surface area contributed by atoms with E-state index in [1.807, 2.05) is 0 Å². The van der Waals surface area contributed by atoms with Crippen LogP contribution in [-0.4, -0.2) is 18.8 Å². The highest BCUT2D eigenvalue weighted by Gasteiger charge is 2.15. The lowest BCUT2D eigenvalue weighted by Crippen LogP contribution is -2.23. The Bertz CT molecular complexity index is 155. The molecule has 1 saturated heterocycles. The number of nitrogens with two attached hydrogens (primary N) is 1. The van der Waals surface area contributed by atoms with Crippen molar-refractivity contribution in [3.63, 3.8) is 0 Å². The van der Waals surface area contributed by atoms with Gasteiger partial charge in [0, 0.05) is 12.6 Å². The van der Waals surface area contributed by atoms with E-state index in [2.05, 4.69) is 13.8 Å². The van der Waals surface area contributed by atoms with Gasteiger partial charge in [-0.15, -0.1) is 0 Å². The largest absolute Gasteiger partial charge is 0.378 e. The molecule has 1 aliphatic rings. The minimum atomic E-state index is 0.404. The summed E-state index contributed by atoms with van der Waals surface area (Å²) < 4.78 is 5.60. The summed E-state index contributed by atoms with van der Waals surface area (Å²) in [6.07, 6.45) is 9.12. The van der Waals surface area contributed by atoms with E-state index in [1.54, 1.807) is 0 Å². The Hall–Kier alpha value is -0.0800. The second kappa shape index (κ2) is 7.24. The number of rotatable bonds is 7. The summed E-state index contributed by atoms with van der Waals surface area (Å²) in [5.41, 5.74) is 6.09. The van der Waals surface area contributed by atoms with E-state index in [1.165, 1.54) is 44.9 Å². The van der Waals surface area contributed by atoms with Gasteiger partial charge in [0.2, 0.25) is 0 Å². The lowest BCUT2D eigenvalue weighted by molar-refractivity contribution is 0.101. The first kappa shape index (κ1) is 13.0. The molecule has 1 heterocycles. The maximum Gasteiger partial charge on any atom is 0.0576 e. The van der Waals surface area contributed by atoms with Gasteiger partial charge in [-0.05, 0) is 44.4 Å². The van der Waals surface area contributed by atoms with Crippen LogP contribution in [0.15, 0.2) is 0 Å². The fourth-order valence-electron chi connectivity index (χ4n) is 2.28. The Balaban J connectivity index is 1.98. The molecule has 3 unspecified atom stereocenters. The second-order valence-corrected chi connectivity index (χ2v) is 5.08. The minimum absolute atomic E-state index is 0.404. The van der Waals surface area contributed by atoms with Crippen LogP contribution in [0.2, 0.25) is 0 Å². The molecular formula is C13H27NO. The summed E-state index contributed by atoms with van der Waals surface area (Å²) in [5, 5.41) is 0. The molecule has 2 N–H and O–H groups in total. The fourth-order valence-corrected chi connectivity index (χ4v) is 2.28. The van der Waals surface area contributed by atoms with Crippen LogP contribution in [0.3, 0.4) is 0 Å². The van der Waals surface area contributed by atoms with Gasteiger partial charge < -0.3 is 10.5 Å². The molecule has 90 valence electrons. The summed E-state index contributed by atoms with van der Waals surface area (Å²) in [7, 11) is 0. The van der Waals surface area contributed by atoms with Gasteiger partial charge in [0.05, 0.1) is 6.10 Å². The first-order valence-electron chi connectivity index (χ1n) is 6.59. The number of hydrogen-bond acceptors (Lipinski definition) is 2. The van der Waals surface area contributed by atoms with Crippen LogP contribution < -0.4 is 5.73 Å². The zero-order chi connectivity index (χ0) is 11.1. The highest BCUT2D eigenvalue weighted by Crippen LogP contribution is 2.19. The summed E-state index contributed by atoms with van der Waals surface area (Å²) in [6, 6.07) is 0.404. The van der Waals surface area contributed by atoms with Crippen LogP contribution in [-0.2, 0) is 4.74 Å². The molecule has 1 fully saturated rings. The minimum Gasteiger partial charge on any atom is -0.378 e. The zero-order valence-corrected chi connectivity index (χ0v) is 10.4. The van der Waals surface area contributed by atoms with Crippen LogP contribution in [0.25, 0.3) is 0 Å². The third-order valence-corrected chi connectivity index (χ3v) is 3.53. The van der Waals surface area contributed by atoms with Crippen molar-refractivity contribution >= 4 is 0 Å². The van der Waals surface area contributed by atoms with E-state index in [-0.39, 0.29) is 0 Å². The maximum atomic E-state index is 6.09. The van der Waals surface area contributed by atoms with Gasteiger partial charge in [-0.2, -0.15) is 0 Å². The van der Waals surface area contributed by atoms with Crippen molar-refractivity contribution in [2.45, 2.75) is 70.9 Å². The lowest BCUT2D eigenvalue weighted by Gasteiger charge is -2.16. The van der Waals surface area contributed by atoms with Crippen molar-refractivity contribution in [1.82, 2.24) is 0 Å². The first-order chi connectivity index (χ1) is 7.22. The van der Waals surface area contributed by atoms with Crippen molar-refractivity contribution in [3.05, 3.63) is 0 Å². The molecule has 0 aromatic rings. The highest BCUT2D eigenvalue weighted by atomic mass is 16.5. The Morgan fingerprint density at radius 3 is 2.87 bits per heavy atom. The zero-order valence-electron chi connectivity index (χ0n) is 10.4. The monoisotopic (exact) mass is 213 g/mol. The van der Waals surface area contributed by atoms with Crippen molar-refractivity contribution in [2.24, 2.45) is 11.7 Å². The quantitative estimate of drug-likeness (QED) is 0.705. The van der Waals surface area contributed by atoms with Crippen molar-refractivity contribution in [2.75, 3.05) is 6.61 Å². The number of hydrogen-bond donors (Lipinski definition) is 1. The summed E-state index contributed by atoms with van der Waals surface area (Å²) in [4.78, 5) is 0. The third-order valence-electron chi connectivity index (χ3n) is 3.53. The molecule has 1 rings (SSSR count). The molecule has 15 heavy (non-hydrogen) atoms. The molecule has 0 aromatic carbocycles. The fraction of sp³-hybridized carbons (Fsp3) is 1.00. The van der Waals surface area contributed by atoms with E-state index in [0.29, 0.717) is 12.1 Å². The van der Waals surface area contributed by atoms with Gasteiger partial charge in [0.15, 0.2) is 0 Å². The number of ether oxygens (including phenoxy) is 1. The normalized spacial score (nSPS) is 25.4. The van der Waals surface area contributed by atoms with Crippen LogP contribution in [0.5, 0.6) is 0 Å². The van der Waals surface area contributed by atoms with Crippen LogP contribution in [0, 0.1) is 5.92 Å².